The minimum atomic E-state index is -1.71. The molecule has 1 N–H and O–H groups in total. The van der Waals surface area contributed by atoms with Crippen LogP contribution in [-0.4, -0.2) is 52.6 Å². The number of methoxy groups -OCH3 is 1. The predicted octanol–water partition coefficient (Wildman–Crippen LogP) is 4.19. The molecule has 6 nitrogen and oxygen atoms in total. The van der Waals surface area contributed by atoms with Crippen LogP contribution in [-0.2, 0) is 10.2 Å². The minimum Gasteiger partial charge on any atom is -0.497 e. The fourth-order valence-corrected chi connectivity index (χ4v) is 3.51. The highest BCUT2D eigenvalue weighted by molar-refractivity contribution is 6.66. The van der Waals surface area contributed by atoms with Crippen molar-refractivity contribution in [1.29, 1.82) is 0 Å². The average Bonchev–Trinajstić information content (AvgIpc) is 2.68. The number of nitrogens with zero attached hydrogens (tertiary/aromatic N) is 4. The molecule has 0 saturated carbocycles. The van der Waals surface area contributed by atoms with Crippen LogP contribution in [0.3, 0.4) is 0 Å². The van der Waals surface area contributed by atoms with Crippen molar-refractivity contribution in [2.45, 2.75) is 36.0 Å². The van der Waals surface area contributed by atoms with Crippen molar-refractivity contribution in [1.82, 2.24) is 19.9 Å². The first kappa shape index (κ1) is 21.4. The molecule has 3 rings (SSSR count). The molecule has 0 aliphatic carbocycles. The van der Waals surface area contributed by atoms with Crippen LogP contribution >= 0.6 is 34.8 Å². The number of likely N-dealkylation sites (N-methyl/N-ethyl adjacent to an activating group) is 1. The number of hydrogen-bond acceptors (Lipinski definition) is 6. The highest BCUT2D eigenvalue weighted by Crippen LogP contribution is 2.36. The number of ether oxygens (including phenoxy) is 1. The van der Waals surface area contributed by atoms with Crippen molar-refractivity contribution in [3.63, 3.8) is 0 Å². The Balaban J connectivity index is 1.82. The lowest BCUT2D eigenvalue weighted by molar-refractivity contribution is 0.226. The predicted molar refractivity (Wildman–Crippen MR) is 114 cm³/mol. The molecule has 2 heterocycles. The molecule has 1 aliphatic rings. The molecule has 28 heavy (non-hydrogen) atoms. The van der Waals surface area contributed by atoms with Crippen LogP contribution in [0.25, 0.3) is 0 Å². The van der Waals surface area contributed by atoms with Crippen LogP contribution in [0, 0.1) is 0 Å². The van der Waals surface area contributed by atoms with Crippen LogP contribution in [0.2, 0.25) is 0 Å². The second-order valence-electron chi connectivity index (χ2n) is 6.80. The van der Waals surface area contributed by atoms with E-state index in [4.69, 9.17) is 39.5 Å². The number of benzene rings is 1. The van der Waals surface area contributed by atoms with E-state index in [2.05, 4.69) is 32.1 Å². The lowest BCUT2D eigenvalue weighted by Gasteiger charge is -2.32. The Hall–Kier alpha value is -1.34. The first-order chi connectivity index (χ1) is 13.4. The molecule has 1 fully saturated rings. The molecule has 0 radical (unpaired) electrons. The number of hydrogen-bond donors (Lipinski definition) is 1. The largest absolute Gasteiger partial charge is 0.497 e. The maximum Gasteiger partial charge on any atom is 0.250 e. The molecule has 0 amide bonds. The summed E-state index contributed by atoms with van der Waals surface area (Å²) in [6.07, 6.45) is 2.69. The summed E-state index contributed by atoms with van der Waals surface area (Å²) < 4.78 is 3.48. The molecule has 2 aromatic rings. The van der Waals surface area contributed by atoms with Crippen molar-refractivity contribution in [3.05, 3.63) is 41.5 Å². The molecule has 9 heteroatoms. The van der Waals surface area contributed by atoms with E-state index in [0.29, 0.717) is 18.2 Å². The van der Waals surface area contributed by atoms with Crippen LogP contribution < -0.4 is 10.1 Å². The summed E-state index contributed by atoms with van der Waals surface area (Å²) in [5.74, 6) is 1.91. The van der Waals surface area contributed by atoms with Crippen LogP contribution in [0.15, 0.2) is 24.3 Å². The van der Waals surface area contributed by atoms with E-state index < -0.39 is 3.79 Å². The van der Waals surface area contributed by atoms with Gasteiger partial charge in [0.15, 0.2) is 5.82 Å². The topological polar surface area (TPSA) is 63.2 Å². The van der Waals surface area contributed by atoms with Gasteiger partial charge in [0.25, 0.3) is 0 Å². The number of nitrogens with one attached hydrogen (secondary N) is 1. The lowest BCUT2D eigenvalue weighted by atomic mass is 10.1. The summed E-state index contributed by atoms with van der Waals surface area (Å²) in [4.78, 5) is 15.7. The number of piperidine rings is 1. The Morgan fingerprint density at radius 1 is 1.18 bits per heavy atom. The zero-order chi connectivity index (χ0) is 20.1. The molecular weight excluding hydrogens is 421 g/mol. The van der Waals surface area contributed by atoms with Crippen molar-refractivity contribution in [2.24, 2.45) is 0 Å². The van der Waals surface area contributed by atoms with Gasteiger partial charge in [0.1, 0.15) is 11.6 Å². The summed E-state index contributed by atoms with van der Waals surface area (Å²) in [6.45, 7) is 5.25. The van der Waals surface area contributed by atoms with Gasteiger partial charge in [0.05, 0.1) is 7.11 Å². The maximum absolute atomic E-state index is 6.06. The van der Waals surface area contributed by atoms with E-state index in [1.807, 2.05) is 24.3 Å². The highest BCUT2D eigenvalue weighted by Gasteiger charge is 2.29. The van der Waals surface area contributed by atoms with Gasteiger partial charge in [-0.1, -0.05) is 53.9 Å². The SMILES string of the molecule is CCN1CCCC(Nc2nc(Cc3ccc(OC)cc3)nc(C(Cl)(Cl)Cl)n2)C1. The van der Waals surface area contributed by atoms with Gasteiger partial charge in [-0.2, -0.15) is 9.97 Å². The third-order valence-electron chi connectivity index (χ3n) is 4.74. The Labute approximate surface area is 180 Å². The fraction of sp³-hybridized carbons (Fsp3) is 0.526. The molecule has 1 saturated heterocycles. The first-order valence-electron chi connectivity index (χ1n) is 9.31. The number of rotatable bonds is 6. The third kappa shape index (κ3) is 5.83. The molecule has 0 bridgehead atoms. The van der Waals surface area contributed by atoms with E-state index in [1.54, 1.807) is 7.11 Å². The zero-order valence-electron chi connectivity index (χ0n) is 16.0. The number of halogens is 3. The number of alkyl halides is 3. The van der Waals surface area contributed by atoms with Crippen molar-refractivity contribution >= 4 is 40.8 Å². The maximum atomic E-state index is 6.06. The Bertz CT molecular complexity index is 782. The normalized spacial score (nSPS) is 18.1. The van der Waals surface area contributed by atoms with Crippen molar-refractivity contribution < 1.29 is 4.74 Å². The number of likely N-dealkylation sites (tertiary alicyclic amines) is 1. The van der Waals surface area contributed by atoms with Gasteiger partial charge < -0.3 is 15.0 Å². The van der Waals surface area contributed by atoms with Gasteiger partial charge >= 0.3 is 0 Å². The van der Waals surface area contributed by atoms with Crippen LogP contribution in [0.1, 0.15) is 37.0 Å². The number of aromatic nitrogens is 3. The molecule has 152 valence electrons. The van der Waals surface area contributed by atoms with E-state index in [0.717, 1.165) is 43.8 Å². The monoisotopic (exact) mass is 443 g/mol. The van der Waals surface area contributed by atoms with Gasteiger partial charge in [-0.3, -0.25) is 0 Å². The van der Waals surface area contributed by atoms with Crippen LogP contribution in [0.5, 0.6) is 5.75 Å². The molecule has 1 atom stereocenters. The summed E-state index contributed by atoms with van der Waals surface area (Å²) in [5, 5.41) is 3.40. The smallest absolute Gasteiger partial charge is 0.250 e. The van der Waals surface area contributed by atoms with Crippen molar-refractivity contribution in [2.75, 3.05) is 32.1 Å². The molecule has 0 spiro atoms. The van der Waals surface area contributed by atoms with E-state index >= 15 is 0 Å². The standard InChI is InChI=1S/C19H24Cl3N5O/c1-3-27-10-4-5-14(12-27)23-18-25-16(24-17(26-18)19(20,21)22)11-13-6-8-15(28-2)9-7-13/h6-9,14H,3-5,10-12H2,1-2H3,(H,23,24,25,26). The zero-order valence-corrected chi connectivity index (χ0v) is 18.2. The molecule has 1 aromatic heterocycles. The van der Waals surface area contributed by atoms with Crippen molar-refractivity contribution in [3.8, 4) is 5.75 Å². The Morgan fingerprint density at radius 2 is 1.93 bits per heavy atom. The van der Waals surface area contributed by atoms with Gasteiger partial charge in [0.2, 0.25) is 9.74 Å². The van der Waals surface area contributed by atoms with Crippen LogP contribution in [0.4, 0.5) is 5.95 Å². The van der Waals surface area contributed by atoms with E-state index in [9.17, 15) is 0 Å². The fourth-order valence-electron chi connectivity index (χ4n) is 3.26. The Morgan fingerprint density at radius 3 is 2.57 bits per heavy atom. The highest BCUT2D eigenvalue weighted by atomic mass is 35.6. The molecule has 1 aliphatic heterocycles. The van der Waals surface area contributed by atoms with Gasteiger partial charge in [-0.05, 0) is 43.6 Å². The summed E-state index contributed by atoms with van der Waals surface area (Å²) in [5.41, 5.74) is 1.03. The second kappa shape index (κ2) is 9.44. The Kier molecular flexibility index (Phi) is 7.20. The summed E-state index contributed by atoms with van der Waals surface area (Å²) in [7, 11) is 1.64. The summed E-state index contributed by atoms with van der Waals surface area (Å²) in [6, 6.07) is 7.98. The molecule has 1 aromatic carbocycles. The first-order valence-corrected chi connectivity index (χ1v) is 10.4. The second-order valence-corrected chi connectivity index (χ2v) is 9.08. The third-order valence-corrected chi connectivity index (χ3v) is 5.25. The average molecular weight is 445 g/mol. The quantitative estimate of drug-likeness (QED) is 0.674. The van der Waals surface area contributed by atoms with Gasteiger partial charge in [0, 0.05) is 19.0 Å². The lowest BCUT2D eigenvalue weighted by Crippen LogP contribution is -2.42. The van der Waals surface area contributed by atoms with Gasteiger partial charge in [-0.25, -0.2) is 4.98 Å². The molecule has 1 unspecified atom stereocenters. The van der Waals surface area contributed by atoms with E-state index in [1.165, 1.54) is 0 Å². The summed E-state index contributed by atoms with van der Waals surface area (Å²) >= 11 is 18.2. The van der Waals surface area contributed by atoms with E-state index in [-0.39, 0.29) is 11.9 Å². The molecular formula is C19H24Cl3N5O. The van der Waals surface area contributed by atoms with Gasteiger partial charge in [-0.15, -0.1) is 0 Å². The number of anilines is 1. The minimum absolute atomic E-state index is 0.127.